The highest BCUT2D eigenvalue weighted by molar-refractivity contribution is 5.97. The van der Waals surface area contributed by atoms with Crippen LogP contribution in [-0.2, 0) is 0 Å². The number of hydrogen-bond donors (Lipinski definition) is 1. The Morgan fingerprint density at radius 2 is 1.71 bits per heavy atom. The van der Waals surface area contributed by atoms with Gasteiger partial charge in [0.25, 0.3) is 0 Å². The van der Waals surface area contributed by atoms with Gasteiger partial charge in [-0.15, -0.1) is 12.4 Å². The molecule has 0 bridgehead atoms. The van der Waals surface area contributed by atoms with Crippen molar-refractivity contribution in [3.8, 4) is 5.75 Å². The number of halogens is 1. The molecule has 2 N–H and O–H groups in total. The van der Waals surface area contributed by atoms with Gasteiger partial charge in [0.2, 0.25) is 0 Å². The van der Waals surface area contributed by atoms with Gasteiger partial charge in [0.1, 0.15) is 5.75 Å². The summed E-state index contributed by atoms with van der Waals surface area (Å²) in [7, 11) is 0. The highest BCUT2D eigenvalue weighted by atomic mass is 35.5. The summed E-state index contributed by atoms with van der Waals surface area (Å²) in [5.41, 5.74) is 7.26. The van der Waals surface area contributed by atoms with Crippen molar-refractivity contribution in [2.45, 2.75) is 6.92 Å². The molecule has 0 saturated carbocycles. The molecule has 0 aliphatic rings. The minimum Gasteiger partial charge on any atom is -0.423 e. The van der Waals surface area contributed by atoms with Crippen LogP contribution in [0.15, 0.2) is 48.5 Å². The Morgan fingerprint density at radius 1 is 1.05 bits per heavy atom. The number of esters is 1. The van der Waals surface area contributed by atoms with E-state index in [1.807, 2.05) is 13.0 Å². The molecule has 0 saturated heterocycles. The quantitative estimate of drug-likeness (QED) is 0.536. The van der Waals surface area contributed by atoms with Crippen LogP contribution in [0, 0.1) is 6.92 Å². The zero-order valence-electron chi connectivity index (χ0n) is 11.5. The Morgan fingerprint density at radius 3 is 2.29 bits per heavy atom. The number of hydrogen-bond acceptors (Lipinski definition) is 4. The van der Waals surface area contributed by atoms with Crippen LogP contribution >= 0.6 is 12.4 Å². The number of carbonyl (C=O) groups excluding carboxylic acids is 2. The molecule has 21 heavy (non-hydrogen) atoms. The molecule has 0 aliphatic carbocycles. The Kier molecular flexibility index (Phi) is 6.09. The molecular formula is C16H16ClNO3. The maximum Gasteiger partial charge on any atom is 0.343 e. The van der Waals surface area contributed by atoms with Gasteiger partial charge in [-0.2, -0.15) is 0 Å². The third-order valence-corrected chi connectivity index (χ3v) is 2.83. The van der Waals surface area contributed by atoms with Crippen molar-refractivity contribution in [1.82, 2.24) is 0 Å². The highest BCUT2D eigenvalue weighted by Crippen LogP contribution is 2.15. The highest BCUT2D eigenvalue weighted by Gasteiger charge is 2.09. The minimum absolute atomic E-state index is 0. The van der Waals surface area contributed by atoms with E-state index in [9.17, 15) is 9.59 Å². The zero-order chi connectivity index (χ0) is 14.5. The third-order valence-electron chi connectivity index (χ3n) is 2.83. The van der Waals surface area contributed by atoms with Crippen molar-refractivity contribution in [2.24, 2.45) is 5.73 Å². The lowest BCUT2D eigenvalue weighted by Gasteiger charge is -2.05. The molecule has 0 amide bonds. The number of rotatable bonds is 4. The van der Waals surface area contributed by atoms with E-state index >= 15 is 0 Å². The molecule has 4 nitrogen and oxygen atoms in total. The predicted octanol–water partition coefficient (Wildman–Crippen LogP) is 2.78. The van der Waals surface area contributed by atoms with E-state index < -0.39 is 5.97 Å². The van der Waals surface area contributed by atoms with E-state index in [2.05, 4.69) is 0 Å². The summed E-state index contributed by atoms with van der Waals surface area (Å²) in [5.74, 6) is -0.182. The van der Waals surface area contributed by atoms with Gasteiger partial charge in [0, 0.05) is 5.56 Å². The normalized spacial score (nSPS) is 9.62. The standard InChI is InChI=1S/C16H15NO3.ClH/c1-11-3-2-4-13(9-11)16(19)20-14-7-5-12(6-8-14)15(18)10-17;/h2-9H,10,17H2,1H3;1H. The lowest BCUT2D eigenvalue weighted by molar-refractivity contribution is 0.0734. The molecule has 0 radical (unpaired) electrons. The van der Waals surface area contributed by atoms with Crippen LogP contribution in [-0.4, -0.2) is 18.3 Å². The summed E-state index contributed by atoms with van der Waals surface area (Å²) in [6, 6.07) is 13.5. The summed E-state index contributed by atoms with van der Waals surface area (Å²) in [4.78, 5) is 23.3. The average Bonchev–Trinajstić information content (AvgIpc) is 2.47. The Labute approximate surface area is 129 Å². The van der Waals surface area contributed by atoms with Crippen molar-refractivity contribution >= 4 is 24.2 Å². The summed E-state index contributed by atoms with van der Waals surface area (Å²) < 4.78 is 5.24. The SMILES string of the molecule is Cc1cccc(C(=O)Oc2ccc(C(=O)CN)cc2)c1.Cl. The summed E-state index contributed by atoms with van der Waals surface area (Å²) in [6.07, 6.45) is 0. The van der Waals surface area contributed by atoms with Crippen LogP contribution < -0.4 is 10.5 Å². The molecule has 110 valence electrons. The average molecular weight is 306 g/mol. The fourth-order valence-corrected chi connectivity index (χ4v) is 1.76. The fraction of sp³-hybridized carbons (Fsp3) is 0.125. The molecule has 0 unspecified atom stereocenters. The van der Waals surface area contributed by atoms with Gasteiger partial charge in [0.15, 0.2) is 5.78 Å². The van der Waals surface area contributed by atoms with Gasteiger partial charge in [-0.1, -0.05) is 17.7 Å². The molecule has 5 heteroatoms. The Balaban J connectivity index is 0.00000220. The number of benzene rings is 2. The Bertz CT molecular complexity index is 638. The molecule has 2 rings (SSSR count). The van der Waals surface area contributed by atoms with E-state index in [0.29, 0.717) is 16.9 Å². The largest absolute Gasteiger partial charge is 0.423 e. The minimum atomic E-state index is -0.424. The van der Waals surface area contributed by atoms with Crippen LogP contribution in [0.1, 0.15) is 26.3 Å². The van der Waals surface area contributed by atoms with E-state index in [0.717, 1.165) is 5.56 Å². The van der Waals surface area contributed by atoms with Gasteiger partial charge in [-0.05, 0) is 43.3 Å². The third kappa shape index (κ3) is 4.41. The second kappa shape index (κ2) is 7.57. The lowest BCUT2D eigenvalue weighted by Crippen LogP contribution is -2.13. The van der Waals surface area contributed by atoms with E-state index in [1.54, 1.807) is 42.5 Å². The summed E-state index contributed by atoms with van der Waals surface area (Å²) >= 11 is 0. The van der Waals surface area contributed by atoms with Crippen LogP contribution in [0.4, 0.5) is 0 Å². The van der Waals surface area contributed by atoms with Crippen molar-refractivity contribution in [3.63, 3.8) is 0 Å². The first kappa shape index (κ1) is 16.9. The van der Waals surface area contributed by atoms with Crippen molar-refractivity contribution in [3.05, 3.63) is 65.2 Å². The second-order valence-corrected chi connectivity index (χ2v) is 4.41. The summed E-state index contributed by atoms with van der Waals surface area (Å²) in [6.45, 7) is 1.87. The molecule has 0 aliphatic heterocycles. The predicted molar refractivity (Wildman–Crippen MR) is 83.2 cm³/mol. The lowest BCUT2D eigenvalue weighted by atomic mass is 10.1. The smallest absolute Gasteiger partial charge is 0.343 e. The summed E-state index contributed by atoms with van der Waals surface area (Å²) in [5, 5.41) is 0. The van der Waals surface area contributed by atoms with Crippen molar-refractivity contribution in [2.75, 3.05) is 6.54 Å². The van der Waals surface area contributed by atoms with Crippen LogP contribution in [0.2, 0.25) is 0 Å². The first-order valence-corrected chi connectivity index (χ1v) is 6.22. The first-order valence-electron chi connectivity index (χ1n) is 6.22. The first-order chi connectivity index (χ1) is 9.60. The van der Waals surface area contributed by atoms with Crippen LogP contribution in [0.5, 0.6) is 5.75 Å². The molecule has 0 spiro atoms. The van der Waals surface area contributed by atoms with Crippen molar-refractivity contribution < 1.29 is 14.3 Å². The monoisotopic (exact) mass is 305 g/mol. The number of ether oxygens (including phenoxy) is 1. The maximum atomic E-state index is 11.9. The topological polar surface area (TPSA) is 69.4 Å². The number of Topliss-reactive ketones (excluding diaryl/α,β-unsaturated/α-hetero) is 1. The molecule has 0 fully saturated rings. The second-order valence-electron chi connectivity index (χ2n) is 4.41. The van der Waals surface area contributed by atoms with Crippen molar-refractivity contribution in [1.29, 1.82) is 0 Å². The van der Waals surface area contributed by atoms with Gasteiger partial charge >= 0.3 is 5.97 Å². The van der Waals surface area contributed by atoms with Gasteiger partial charge in [-0.25, -0.2) is 4.79 Å². The van der Waals surface area contributed by atoms with Gasteiger partial charge in [-0.3, -0.25) is 4.79 Å². The molecule has 2 aromatic carbocycles. The Hall–Kier alpha value is -2.17. The fourth-order valence-electron chi connectivity index (χ4n) is 1.76. The number of ketones is 1. The number of nitrogens with two attached hydrogens (primary N) is 1. The maximum absolute atomic E-state index is 11.9. The van der Waals surface area contributed by atoms with Gasteiger partial charge < -0.3 is 10.5 Å². The van der Waals surface area contributed by atoms with Crippen LogP contribution in [0.25, 0.3) is 0 Å². The van der Waals surface area contributed by atoms with Gasteiger partial charge in [0.05, 0.1) is 12.1 Å². The molecule has 0 aromatic heterocycles. The molecular weight excluding hydrogens is 290 g/mol. The molecule has 2 aromatic rings. The number of aryl methyl sites for hydroxylation is 1. The van der Waals surface area contributed by atoms with E-state index in [-0.39, 0.29) is 24.7 Å². The van der Waals surface area contributed by atoms with Crippen LogP contribution in [0.3, 0.4) is 0 Å². The van der Waals surface area contributed by atoms with E-state index in [4.69, 9.17) is 10.5 Å². The molecule has 0 atom stereocenters. The van der Waals surface area contributed by atoms with E-state index in [1.165, 1.54) is 0 Å². The molecule has 0 heterocycles. The number of carbonyl (C=O) groups is 2. The zero-order valence-corrected chi connectivity index (χ0v) is 12.4.